The molecule has 32 heavy (non-hydrogen) atoms. The molecule has 2 aliphatic rings. The summed E-state index contributed by atoms with van der Waals surface area (Å²) in [5, 5.41) is 17.4. The van der Waals surface area contributed by atoms with Crippen LogP contribution in [0.15, 0.2) is 22.9 Å². The van der Waals surface area contributed by atoms with Gasteiger partial charge in [0.2, 0.25) is 11.8 Å². The summed E-state index contributed by atoms with van der Waals surface area (Å²) in [4.78, 5) is 27.5. The van der Waals surface area contributed by atoms with E-state index in [-0.39, 0.29) is 17.8 Å². The summed E-state index contributed by atoms with van der Waals surface area (Å²) in [6.45, 7) is 1.66. The molecule has 0 unspecified atom stereocenters. The van der Waals surface area contributed by atoms with Gasteiger partial charge in [-0.05, 0) is 44.6 Å². The zero-order chi connectivity index (χ0) is 22.1. The van der Waals surface area contributed by atoms with E-state index in [4.69, 9.17) is 4.52 Å². The molecule has 11 nitrogen and oxygen atoms in total. The molecule has 168 valence electrons. The molecule has 2 fully saturated rings. The Balaban J connectivity index is 1.15. The highest BCUT2D eigenvalue weighted by atomic mass is 16.5. The molecule has 3 N–H and O–H groups in total. The number of aromatic nitrogens is 6. The van der Waals surface area contributed by atoms with Gasteiger partial charge in [0.1, 0.15) is 5.82 Å². The molecule has 2 aliphatic carbocycles. The number of aromatic amines is 1. The highest BCUT2D eigenvalue weighted by Gasteiger charge is 2.28. The molecule has 0 aliphatic heterocycles. The monoisotopic (exact) mass is 437 g/mol. The van der Waals surface area contributed by atoms with Gasteiger partial charge in [-0.2, -0.15) is 15.1 Å². The van der Waals surface area contributed by atoms with Crippen LogP contribution in [0.25, 0.3) is 0 Å². The number of carbonyl (C=O) groups is 1. The molecule has 1 amide bonds. The molecule has 0 bridgehead atoms. The van der Waals surface area contributed by atoms with E-state index in [1.807, 2.05) is 13.1 Å². The van der Waals surface area contributed by atoms with Gasteiger partial charge < -0.3 is 20.1 Å². The van der Waals surface area contributed by atoms with Crippen LogP contribution in [0.4, 0.5) is 17.6 Å². The van der Waals surface area contributed by atoms with E-state index < -0.39 is 0 Å². The van der Waals surface area contributed by atoms with Crippen molar-refractivity contribution in [2.45, 2.75) is 63.5 Å². The minimum Gasteiger partial charge on any atom is -0.346 e. The molecule has 0 spiro atoms. The predicted octanol–water partition coefficient (Wildman–Crippen LogP) is 2.69. The molecule has 0 atom stereocenters. The summed E-state index contributed by atoms with van der Waals surface area (Å²) in [7, 11) is 2.02. The molecular formula is C21H27N9O2. The molecule has 11 heteroatoms. The zero-order valence-electron chi connectivity index (χ0n) is 18.2. The van der Waals surface area contributed by atoms with E-state index in [1.54, 1.807) is 13.1 Å². The Morgan fingerprint density at radius 1 is 1.16 bits per heavy atom. The van der Waals surface area contributed by atoms with Crippen molar-refractivity contribution in [2.24, 2.45) is 0 Å². The highest BCUT2D eigenvalue weighted by Crippen LogP contribution is 2.39. The maximum atomic E-state index is 12.3. The van der Waals surface area contributed by atoms with Crippen LogP contribution >= 0.6 is 0 Å². The number of aryl methyl sites for hydroxylation is 1. The van der Waals surface area contributed by atoms with E-state index >= 15 is 0 Å². The number of amides is 1. The number of hydrogen-bond donors (Lipinski definition) is 3. The number of nitrogens with zero attached hydrogens (tertiary/aromatic N) is 6. The number of H-pyrrole nitrogens is 1. The summed E-state index contributed by atoms with van der Waals surface area (Å²) in [6.07, 6.45) is 7.81. The van der Waals surface area contributed by atoms with Crippen LogP contribution in [0, 0.1) is 6.92 Å². The lowest BCUT2D eigenvalue weighted by atomic mass is 9.90. The van der Waals surface area contributed by atoms with Gasteiger partial charge in [0.05, 0.1) is 0 Å². The highest BCUT2D eigenvalue weighted by molar-refractivity contribution is 5.90. The summed E-state index contributed by atoms with van der Waals surface area (Å²) >= 11 is 0. The predicted molar refractivity (Wildman–Crippen MR) is 117 cm³/mol. The van der Waals surface area contributed by atoms with Crippen molar-refractivity contribution in [2.75, 3.05) is 17.3 Å². The first-order valence-corrected chi connectivity index (χ1v) is 11.0. The van der Waals surface area contributed by atoms with Crippen LogP contribution in [-0.4, -0.2) is 55.3 Å². The molecule has 3 heterocycles. The lowest BCUT2D eigenvalue weighted by Gasteiger charge is -2.34. The average Bonchev–Trinajstić information content (AvgIpc) is 3.39. The number of carbonyl (C=O) groups excluding carboxylic acids is 1. The third-order valence-electron chi connectivity index (χ3n) is 6.14. The minimum atomic E-state index is -0.288. The van der Waals surface area contributed by atoms with Crippen molar-refractivity contribution in [3.05, 3.63) is 35.7 Å². The van der Waals surface area contributed by atoms with E-state index in [2.05, 4.69) is 51.9 Å². The van der Waals surface area contributed by atoms with Crippen molar-refractivity contribution in [1.82, 2.24) is 35.6 Å². The lowest BCUT2D eigenvalue weighted by Crippen LogP contribution is -2.43. The second-order valence-corrected chi connectivity index (χ2v) is 8.58. The third-order valence-corrected chi connectivity index (χ3v) is 6.14. The fraction of sp³-hybridized carbons (Fsp3) is 0.524. The SMILES string of the molecule is Cc1nc(C(=O)NC2CCC(N(C)c3nccc(Nc4cc(C5CC5)[nH]n4)n3)CC2)no1. The second-order valence-electron chi connectivity index (χ2n) is 8.58. The van der Waals surface area contributed by atoms with Crippen LogP contribution in [-0.2, 0) is 0 Å². The van der Waals surface area contributed by atoms with E-state index in [9.17, 15) is 4.79 Å². The zero-order valence-corrected chi connectivity index (χ0v) is 18.2. The maximum Gasteiger partial charge on any atom is 0.292 e. The Bertz CT molecular complexity index is 1080. The Morgan fingerprint density at radius 2 is 1.97 bits per heavy atom. The second kappa shape index (κ2) is 8.56. The van der Waals surface area contributed by atoms with Gasteiger partial charge in [0.15, 0.2) is 5.82 Å². The van der Waals surface area contributed by atoms with Gasteiger partial charge in [-0.25, -0.2) is 4.98 Å². The Labute approximate surface area is 185 Å². The van der Waals surface area contributed by atoms with Crippen LogP contribution in [0.3, 0.4) is 0 Å². The smallest absolute Gasteiger partial charge is 0.292 e. The van der Waals surface area contributed by atoms with Crippen molar-refractivity contribution in [1.29, 1.82) is 0 Å². The van der Waals surface area contributed by atoms with Gasteiger partial charge in [-0.3, -0.25) is 9.89 Å². The van der Waals surface area contributed by atoms with E-state index in [0.29, 0.717) is 29.6 Å². The van der Waals surface area contributed by atoms with Crippen LogP contribution < -0.4 is 15.5 Å². The van der Waals surface area contributed by atoms with Gasteiger partial charge in [-0.1, -0.05) is 5.16 Å². The topological polar surface area (TPSA) is 138 Å². The maximum absolute atomic E-state index is 12.3. The normalized spacial score (nSPS) is 20.7. The van der Waals surface area contributed by atoms with Gasteiger partial charge >= 0.3 is 0 Å². The average molecular weight is 438 g/mol. The first-order valence-electron chi connectivity index (χ1n) is 11.0. The van der Waals surface area contributed by atoms with Crippen LogP contribution in [0.2, 0.25) is 0 Å². The molecule has 2 saturated carbocycles. The largest absolute Gasteiger partial charge is 0.346 e. The molecule has 0 radical (unpaired) electrons. The summed E-state index contributed by atoms with van der Waals surface area (Å²) < 4.78 is 4.88. The van der Waals surface area contributed by atoms with E-state index in [1.165, 1.54) is 18.5 Å². The quantitative estimate of drug-likeness (QED) is 0.509. The van der Waals surface area contributed by atoms with Crippen molar-refractivity contribution in [3.63, 3.8) is 0 Å². The van der Waals surface area contributed by atoms with Gasteiger partial charge in [0, 0.05) is 49.9 Å². The van der Waals surface area contributed by atoms with Gasteiger partial charge in [-0.15, -0.1) is 0 Å². The van der Waals surface area contributed by atoms with Gasteiger partial charge in [0.25, 0.3) is 11.7 Å². The molecular weight excluding hydrogens is 410 g/mol. The summed E-state index contributed by atoms with van der Waals surface area (Å²) in [5.41, 5.74) is 1.18. The van der Waals surface area contributed by atoms with Crippen LogP contribution in [0.1, 0.15) is 66.6 Å². The Hall–Kier alpha value is -3.50. The Morgan fingerprint density at radius 3 is 2.69 bits per heavy atom. The first kappa shape index (κ1) is 20.4. The number of hydrogen-bond acceptors (Lipinski definition) is 9. The lowest BCUT2D eigenvalue weighted by molar-refractivity contribution is 0.0912. The van der Waals surface area contributed by atoms with Crippen molar-refractivity contribution in [3.8, 4) is 0 Å². The third kappa shape index (κ3) is 4.56. The standard InChI is InChI=1S/C21H27N9O2/c1-12-23-19(29-32-12)20(31)24-14-5-7-15(8-6-14)30(2)21-22-10-9-17(26-21)25-18-11-16(27-28-18)13-3-4-13/h9-11,13-15H,3-8H2,1-2H3,(H,24,31)(H2,22,25,26,27,28). The molecule has 3 aromatic rings. The fourth-order valence-corrected chi connectivity index (χ4v) is 4.14. The number of rotatable bonds is 7. The Kier molecular flexibility index (Phi) is 5.46. The fourth-order valence-electron chi connectivity index (χ4n) is 4.14. The first-order chi connectivity index (χ1) is 15.5. The minimum absolute atomic E-state index is 0.0839. The van der Waals surface area contributed by atoms with Crippen molar-refractivity contribution >= 4 is 23.5 Å². The summed E-state index contributed by atoms with van der Waals surface area (Å²) in [5.74, 6) is 2.96. The number of anilines is 3. The number of nitrogens with one attached hydrogen (secondary N) is 3. The molecule has 0 saturated heterocycles. The summed E-state index contributed by atoms with van der Waals surface area (Å²) in [6, 6.07) is 4.29. The van der Waals surface area contributed by atoms with Crippen LogP contribution in [0.5, 0.6) is 0 Å². The molecule has 5 rings (SSSR count). The molecule has 0 aromatic carbocycles. The molecule has 3 aromatic heterocycles. The van der Waals surface area contributed by atoms with Crippen molar-refractivity contribution < 1.29 is 9.32 Å². The van der Waals surface area contributed by atoms with E-state index in [0.717, 1.165) is 31.5 Å².